The second-order valence-electron chi connectivity index (χ2n) is 12.3. The second-order valence-corrected chi connectivity index (χ2v) is 12.3. The highest BCUT2D eigenvalue weighted by molar-refractivity contribution is 5.75. The number of rotatable bonds is 27. The van der Waals surface area contributed by atoms with Crippen molar-refractivity contribution in [3.63, 3.8) is 0 Å². The highest BCUT2D eigenvalue weighted by Gasteiger charge is 2.44. The van der Waals surface area contributed by atoms with Crippen molar-refractivity contribution in [2.75, 3.05) is 13.2 Å². The predicted octanol–water partition coefficient (Wildman–Crippen LogP) is 5.38. The van der Waals surface area contributed by atoms with Crippen LogP contribution in [-0.2, 0) is 14.3 Å². The molecule has 45 heavy (non-hydrogen) atoms. The molecule has 1 aliphatic rings. The lowest BCUT2D eigenvalue weighted by Gasteiger charge is -2.40. The van der Waals surface area contributed by atoms with Gasteiger partial charge in [0.05, 0.1) is 25.4 Å². The standard InChI is InChI=1S/C36H65NO8/c1-3-5-6-7-8-9-10-11-12-13-14-15-16-17-18-19-20-21-22-23-24-25-26-30(39)29(37-32(40)4-2)28-44-36-35(43)34(42)33(41)31(27-38)45-36/h17-18,21-22,25-26,29-31,33-36,38-39,41-43H,3-16,19-20,23-24,27-28H2,1-2H3,(H,37,40)/b18-17+,22-21+,26-25+. The number of nitrogens with one attached hydrogen (secondary N) is 1. The number of hydrogen-bond acceptors (Lipinski definition) is 8. The molecule has 6 N–H and O–H groups in total. The van der Waals surface area contributed by atoms with Crippen LogP contribution in [0, 0.1) is 0 Å². The van der Waals surface area contributed by atoms with Crippen LogP contribution in [0.4, 0.5) is 0 Å². The van der Waals surface area contributed by atoms with Gasteiger partial charge in [-0.25, -0.2) is 0 Å². The van der Waals surface area contributed by atoms with E-state index in [4.69, 9.17) is 9.47 Å². The summed E-state index contributed by atoms with van der Waals surface area (Å²) in [6.45, 7) is 3.17. The molecule has 0 saturated carbocycles. The van der Waals surface area contributed by atoms with Gasteiger partial charge in [-0.2, -0.15) is 0 Å². The second kappa shape index (κ2) is 27.5. The molecule has 7 unspecified atom stereocenters. The van der Waals surface area contributed by atoms with Gasteiger partial charge in [0.15, 0.2) is 6.29 Å². The van der Waals surface area contributed by atoms with Crippen molar-refractivity contribution in [2.45, 2.75) is 172 Å². The summed E-state index contributed by atoms with van der Waals surface area (Å²) in [4.78, 5) is 12.0. The third kappa shape index (κ3) is 19.6. The molecule has 0 aliphatic carbocycles. The number of carbonyl (C=O) groups excluding carboxylic acids is 1. The van der Waals surface area contributed by atoms with Crippen LogP contribution in [0.3, 0.4) is 0 Å². The van der Waals surface area contributed by atoms with Gasteiger partial charge >= 0.3 is 0 Å². The summed E-state index contributed by atoms with van der Waals surface area (Å²) < 4.78 is 10.9. The van der Waals surface area contributed by atoms with Crippen LogP contribution in [-0.4, -0.2) is 87.5 Å². The first kappa shape index (κ1) is 41.4. The maximum Gasteiger partial charge on any atom is 0.220 e. The fourth-order valence-corrected chi connectivity index (χ4v) is 5.27. The summed E-state index contributed by atoms with van der Waals surface area (Å²) in [5.41, 5.74) is 0. The van der Waals surface area contributed by atoms with E-state index in [1.54, 1.807) is 13.0 Å². The van der Waals surface area contributed by atoms with Gasteiger partial charge in [0.25, 0.3) is 0 Å². The fourth-order valence-electron chi connectivity index (χ4n) is 5.27. The molecular weight excluding hydrogens is 574 g/mol. The summed E-state index contributed by atoms with van der Waals surface area (Å²) in [5, 5.41) is 52.8. The van der Waals surface area contributed by atoms with Crippen molar-refractivity contribution >= 4 is 5.91 Å². The minimum absolute atomic E-state index is 0.215. The zero-order chi connectivity index (χ0) is 33.1. The minimum atomic E-state index is -1.57. The van der Waals surface area contributed by atoms with Crippen molar-refractivity contribution in [3.8, 4) is 0 Å². The monoisotopic (exact) mass is 639 g/mol. The van der Waals surface area contributed by atoms with Crippen molar-refractivity contribution in [1.29, 1.82) is 0 Å². The third-order valence-electron chi connectivity index (χ3n) is 8.26. The van der Waals surface area contributed by atoms with Crippen molar-refractivity contribution in [2.24, 2.45) is 0 Å². The van der Waals surface area contributed by atoms with Crippen LogP contribution >= 0.6 is 0 Å². The lowest BCUT2D eigenvalue weighted by molar-refractivity contribution is -0.302. The summed E-state index contributed by atoms with van der Waals surface area (Å²) in [6, 6.07) is -0.821. The molecule has 1 aliphatic heterocycles. The average molecular weight is 640 g/mol. The molecule has 0 spiro atoms. The Kier molecular flexibility index (Phi) is 25.3. The smallest absolute Gasteiger partial charge is 0.220 e. The average Bonchev–Trinajstić information content (AvgIpc) is 3.04. The van der Waals surface area contributed by atoms with E-state index in [0.29, 0.717) is 0 Å². The Morgan fingerprint density at radius 1 is 0.733 bits per heavy atom. The predicted molar refractivity (Wildman–Crippen MR) is 180 cm³/mol. The molecule has 1 saturated heterocycles. The van der Waals surface area contributed by atoms with Gasteiger partial charge in [0.1, 0.15) is 24.4 Å². The van der Waals surface area contributed by atoms with Gasteiger partial charge in [0.2, 0.25) is 5.91 Å². The molecule has 0 aromatic heterocycles. The number of amides is 1. The first-order valence-corrected chi connectivity index (χ1v) is 17.7. The van der Waals surface area contributed by atoms with Crippen molar-refractivity contribution in [1.82, 2.24) is 5.32 Å². The maximum atomic E-state index is 12.0. The van der Waals surface area contributed by atoms with Crippen molar-refractivity contribution < 1.29 is 39.8 Å². The quantitative estimate of drug-likeness (QED) is 0.0519. The number of unbranched alkanes of at least 4 members (excludes halogenated alkanes) is 14. The Bertz CT molecular complexity index is 802. The van der Waals surface area contributed by atoms with E-state index in [1.807, 2.05) is 6.08 Å². The van der Waals surface area contributed by atoms with Crippen LogP contribution in [0.1, 0.15) is 129 Å². The fraction of sp³-hybridized carbons (Fsp3) is 0.806. The van der Waals surface area contributed by atoms with Crippen molar-refractivity contribution in [3.05, 3.63) is 36.5 Å². The van der Waals surface area contributed by atoms with E-state index in [0.717, 1.165) is 25.7 Å². The summed E-state index contributed by atoms with van der Waals surface area (Å²) >= 11 is 0. The number of aliphatic hydroxyl groups is 5. The molecular formula is C36H65NO8. The molecule has 0 radical (unpaired) electrons. The zero-order valence-electron chi connectivity index (χ0n) is 28.1. The molecule has 0 bridgehead atoms. The van der Waals surface area contributed by atoms with E-state index in [-0.39, 0.29) is 18.9 Å². The van der Waals surface area contributed by atoms with Crippen LogP contribution in [0.15, 0.2) is 36.5 Å². The van der Waals surface area contributed by atoms with Gasteiger partial charge in [-0.05, 0) is 38.5 Å². The molecule has 1 rings (SSSR count). The van der Waals surface area contributed by atoms with Gasteiger partial charge in [-0.3, -0.25) is 4.79 Å². The van der Waals surface area contributed by atoms with Gasteiger partial charge in [-0.15, -0.1) is 0 Å². The molecule has 9 nitrogen and oxygen atoms in total. The van der Waals surface area contributed by atoms with Crippen LogP contribution in [0.25, 0.3) is 0 Å². The molecule has 0 aromatic rings. The Morgan fingerprint density at radius 2 is 1.24 bits per heavy atom. The van der Waals surface area contributed by atoms with Crippen LogP contribution in [0.5, 0.6) is 0 Å². The van der Waals surface area contributed by atoms with E-state index in [1.165, 1.54) is 83.5 Å². The zero-order valence-corrected chi connectivity index (χ0v) is 28.1. The van der Waals surface area contributed by atoms with E-state index in [2.05, 4.69) is 36.5 Å². The number of carbonyl (C=O) groups is 1. The van der Waals surface area contributed by atoms with Crippen LogP contribution in [0.2, 0.25) is 0 Å². The molecule has 7 atom stereocenters. The van der Waals surface area contributed by atoms with E-state index >= 15 is 0 Å². The molecule has 1 heterocycles. The number of allylic oxidation sites excluding steroid dienone is 5. The topological polar surface area (TPSA) is 149 Å². The van der Waals surface area contributed by atoms with Crippen LogP contribution < -0.4 is 5.32 Å². The molecule has 9 heteroatoms. The summed E-state index contributed by atoms with van der Waals surface area (Å²) in [6.07, 6.45) is 25.8. The Hall–Kier alpha value is -1.59. The largest absolute Gasteiger partial charge is 0.394 e. The normalized spacial score (nSPS) is 23.8. The highest BCUT2D eigenvalue weighted by atomic mass is 16.7. The SMILES string of the molecule is CCCCCCCCCCCCCC/C=C/CC/C=C/CC/C=C/C(O)C(COC1OC(CO)C(O)C(O)C1O)NC(=O)CC. The Labute approximate surface area is 272 Å². The van der Waals surface area contributed by atoms with E-state index in [9.17, 15) is 30.3 Å². The lowest BCUT2D eigenvalue weighted by Crippen LogP contribution is -2.60. The number of hydrogen-bond donors (Lipinski definition) is 6. The lowest BCUT2D eigenvalue weighted by atomic mass is 9.99. The maximum absolute atomic E-state index is 12.0. The molecule has 0 aromatic carbocycles. The number of aliphatic hydroxyl groups excluding tert-OH is 5. The first-order valence-electron chi connectivity index (χ1n) is 17.7. The van der Waals surface area contributed by atoms with E-state index < -0.39 is 49.5 Å². The molecule has 1 fully saturated rings. The minimum Gasteiger partial charge on any atom is -0.394 e. The Morgan fingerprint density at radius 3 is 1.78 bits per heavy atom. The summed E-state index contributed by atoms with van der Waals surface area (Å²) in [5.74, 6) is -0.282. The highest BCUT2D eigenvalue weighted by Crippen LogP contribution is 2.22. The molecule has 262 valence electrons. The summed E-state index contributed by atoms with van der Waals surface area (Å²) in [7, 11) is 0. The number of ether oxygens (including phenoxy) is 2. The molecule has 1 amide bonds. The Balaban J connectivity index is 2.19. The van der Waals surface area contributed by atoms with Gasteiger partial charge in [0, 0.05) is 6.42 Å². The first-order chi connectivity index (χ1) is 21.8. The van der Waals surface area contributed by atoms with Gasteiger partial charge < -0.3 is 40.3 Å². The third-order valence-corrected chi connectivity index (χ3v) is 8.26. The van der Waals surface area contributed by atoms with Gasteiger partial charge in [-0.1, -0.05) is 121 Å².